The van der Waals surface area contributed by atoms with Gasteiger partial charge in [-0.2, -0.15) is 8.42 Å². The Morgan fingerprint density at radius 1 is 1.13 bits per heavy atom. The van der Waals surface area contributed by atoms with Crippen LogP contribution in [0.3, 0.4) is 0 Å². The first-order valence-electron chi connectivity index (χ1n) is 10.0. The number of hydrogen-bond donors (Lipinski definition) is 2. The van der Waals surface area contributed by atoms with E-state index in [2.05, 4.69) is 5.32 Å². The molecule has 31 heavy (non-hydrogen) atoms. The lowest BCUT2D eigenvalue weighted by Crippen LogP contribution is -2.39. The standard InChI is InChI=1S/C23H31NO6S/c1-16-8-6-7-9-21(16)30-22-11-10-18(12-19(22)14-29-17(2)25)20(15-31(26,27)28)13-24-23(3,4)5/h6-12,20,24H,13-15H2,1-5H3,(H,26,27,28). The van der Waals surface area contributed by atoms with E-state index in [1.165, 1.54) is 6.92 Å². The van der Waals surface area contributed by atoms with Crippen molar-refractivity contribution in [3.8, 4) is 11.5 Å². The monoisotopic (exact) mass is 449 g/mol. The van der Waals surface area contributed by atoms with Gasteiger partial charge in [-0.15, -0.1) is 0 Å². The van der Waals surface area contributed by atoms with Crippen molar-refractivity contribution in [2.75, 3.05) is 12.3 Å². The van der Waals surface area contributed by atoms with Gasteiger partial charge < -0.3 is 14.8 Å². The van der Waals surface area contributed by atoms with Crippen LogP contribution in [0.15, 0.2) is 42.5 Å². The van der Waals surface area contributed by atoms with E-state index in [0.29, 0.717) is 29.2 Å². The second kappa shape index (κ2) is 10.3. The van der Waals surface area contributed by atoms with Gasteiger partial charge in [0.15, 0.2) is 0 Å². The molecule has 0 aliphatic rings. The minimum atomic E-state index is -4.20. The third kappa shape index (κ3) is 8.69. The van der Waals surface area contributed by atoms with Crippen molar-refractivity contribution in [1.82, 2.24) is 5.32 Å². The van der Waals surface area contributed by atoms with Gasteiger partial charge in [0.25, 0.3) is 10.1 Å². The predicted octanol–water partition coefficient (Wildman–Crippen LogP) is 4.21. The molecule has 0 bridgehead atoms. The maximum absolute atomic E-state index is 11.6. The Morgan fingerprint density at radius 3 is 2.39 bits per heavy atom. The average Bonchev–Trinajstić information content (AvgIpc) is 2.64. The molecule has 0 radical (unpaired) electrons. The van der Waals surface area contributed by atoms with E-state index in [9.17, 15) is 17.8 Å². The minimum absolute atomic E-state index is 0.0182. The molecule has 2 N–H and O–H groups in total. The maximum Gasteiger partial charge on any atom is 0.302 e. The molecule has 2 aromatic carbocycles. The first-order valence-corrected chi connectivity index (χ1v) is 11.6. The van der Waals surface area contributed by atoms with Crippen molar-refractivity contribution in [3.63, 3.8) is 0 Å². The Morgan fingerprint density at radius 2 is 1.81 bits per heavy atom. The fraction of sp³-hybridized carbons (Fsp3) is 0.435. The summed E-state index contributed by atoms with van der Waals surface area (Å²) in [5, 5.41) is 3.28. The van der Waals surface area contributed by atoms with E-state index < -0.39 is 27.8 Å². The highest BCUT2D eigenvalue weighted by Gasteiger charge is 2.23. The normalized spacial score (nSPS) is 13.0. The Hall–Kier alpha value is -2.42. The topological polar surface area (TPSA) is 102 Å². The summed E-state index contributed by atoms with van der Waals surface area (Å²) in [6, 6.07) is 12.8. The van der Waals surface area contributed by atoms with Gasteiger partial charge in [0.2, 0.25) is 0 Å². The molecule has 0 saturated heterocycles. The van der Waals surface area contributed by atoms with Crippen LogP contribution in [0.1, 0.15) is 50.3 Å². The number of rotatable bonds is 9. The maximum atomic E-state index is 11.6. The molecule has 0 fully saturated rings. The molecule has 170 valence electrons. The molecule has 0 spiro atoms. The molecule has 7 nitrogen and oxygen atoms in total. The van der Waals surface area contributed by atoms with Crippen LogP contribution in [0.2, 0.25) is 0 Å². The SMILES string of the molecule is CC(=O)OCc1cc(C(CNC(C)(C)C)CS(=O)(=O)O)ccc1Oc1ccccc1C. The number of benzene rings is 2. The van der Waals surface area contributed by atoms with Gasteiger partial charge in [-0.3, -0.25) is 9.35 Å². The second-order valence-corrected chi connectivity index (χ2v) is 10.1. The van der Waals surface area contributed by atoms with Crippen LogP contribution in [-0.2, 0) is 26.3 Å². The van der Waals surface area contributed by atoms with Gasteiger partial charge in [0, 0.05) is 30.5 Å². The Bertz CT molecular complexity index is 1010. The second-order valence-electron chi connectivity index (χ2n) is 8.59. The molecule has 0 amide bonds. The van der Waals surface area contributed by atoms with E-state index in [0.717, 1.165) is 5.56 Å². The molecular formula is C23H31NO6S. The van der Waals surface area contributed by atoms with Crippen molar-refractivity contribution in [1.29, 1.82) is 0 Å². The largest absolute Gasteiger partial charge is 0.461 e. The van der Waals surface area contributed by atoms with Crippen LogP contribution >= 0.6 is 0 Å². The summed E-state index contributed by atoms with van der Waals surface area (Å²) in [6.07, 6.45) is 0. The molecular weight excluding hydrogens is 418 g/mol. The average molecular weight is 450 g/mol. The molecule has 0 heterocycles. The lowest BCUT2D eigenvalue weighted by molar-refractivity contribution is -0.142. The number of hydrogen-bond acceptors (Lipinski definition) is 6. The lowest BCUT2D eigenvalue weighted by Gasteiger charge is -2.25. The van der Waals surface area contributed by atoms with Crippen molar-refractivity contribution in [2.24, 2.45) is 0 Å². The number of ether oxygens (including phenoxy) is 2. The zero-order chi connectivity index (χ0) is 23.2. The van der Waals surface area contributed by atoms with E-state index in [1.54, 1.807) is 18.2 Å². The summed E-state index contributed by atoms with van der Waals surface area (Å²) < 4.78 is 43.9. The van der Waals surface area contributed by atoms with E-state index >= 15 is 0 Å². The molecule has 1 atom stereocenters. The number of para-hydroxylation sites is 1. The van der Waals surface area contributed by atoms with Crippen molar-refractivity contribution < 1.29 is 27.2 Å². The summed E-state index contributed by atoms with van der Waals surface area (Å²) in [7, 11) is -4.20. The van der Waals surface area contributed by atoms with E-state index in [-0.39, 0.29) is 12.1 Å². The van der Waals surface area contributed by atoms with Crippen molar-refractivity contribution in [2.45, 2.75) is 52.7 Å². The molecule has 2 aromatic rings. The summed E-state index contributed by atoms with van der Waals surface area (Å²) in [4.78, 5) is 11.4. The predicted molar refractivity (Wildman–Crippen MR) is 120 cm³/mol. The molecule has 8 heteroatoms. The Labute approximate surface area is 184 Å². The van der Waals surface area contributed by atoms with Gasteiger partial charge in [-0.25, -0.2) is 0 Å². The molecule has 2 rings (SSSR count). The van der Waals surface area contributed by atoms with Crippen LogP contribution < -0.4 is 10.1 Å². The van der Waals surface area contributed by atoms with Gasteiger partial charge in [0.05, 0.1) is 5.75 Å². The Balaban J connectivity index is 2.41. The fourth-order valence-corrected chi connectivity index (χ4v) is 3.81. The highest BCUT2D eigenvalue weighted by Crippen LogP contribution is 2.31. The number of nitrogens with one attached hydrogen (secondary N) is 1. The number of esters is 1. The summed E-state index contributed by atoms with van der Waals surface area (Å²) in [6.45, 7) is 9.49. The first-order chi connectivity index (χ1) is 14.3. The molecule has 1 unspecified atom stereocenters. The van der Waals surface area contributed by atoms with Crippen LogP contribution in [0.25, 0.3) is 0 Å². The van der Waals surface area contributed by atoms with Crippen molar-refractivity contribution in [3.05, 3.63) is 59.2 Å². The van der Waals surface area contributed by atoms with E-state index in [1.807, 2.05) is 52.0 Å². The highest BCUT2D eigenvalue weighted by atomic mass is 32.2. The van der Waals surface area contributed by atoms with Crippen LogP contribution in [0, 0.1) is 6.92 Å². The summed E-state index contributed by atoms with van der Waals surface area (Å²) in [5.74, 6) is -0.188. The molecule has 0 aliphatic heterocycles. The van der Waals surface area contributed by atoms with Gasteiger partial charge >= 0.3 is 5.97 Å². The third-order valence-corrected chi connectivity index (χ3v) is 5.41. The zero-order valence-electron chi connectivity index (χ0n) is 18.6. The smallest absolute Gasteiger partial charge is 0.302 e. The van der Waals surface area contributed by atoms with Crippen LogP contribution in [0.4, 0.5) is 0 Å². The fourth-order valence-electron chi connectivity index (χ4n) is 2.99. The summed E-state index contributed by atoms with van der Waals surface area (Å²) >= 11 is 0. The lowest BCUT2D eigenvalue weighted by atomic mass is 9.97. The number of carbonyl (C=O) groups is 1. The first kappa shape index (κ1) is 24.8. The Kier molecular flexibility index (Phi) is 8.22. The summed E-state index contributed by atoms with van der Waals surface area (Å²) in [5.41, 5.74) is 2.01. The highest BCUT2D eigenvalue weighted by molar-refractivity contribution is 7.85. The van der Waals surface area contributed by atoms with Crippen LogP contribution in [-0.4, -0.2) is 36.8 Å². The molecule has 0 saturated carbocycles. The van der Waals surface area contributed by atoms with Crippen LogP contribution in [0.5, 0.6) is 11.5 Å². The molecule has 0 aromatic heterocycles. The number of carbonyl (C=O) groups excluding carboxylic acids is 1. The quantitative estimate of drug-likeness (QED) is 0.437. The molecule has 0 aliphatic carbocycles. The van der Waals surface area contributed by atoms with Gasteiger partial charge in [-0.1, -0.05) is 24.3 Å². The minimum Gasteiger partial charge on any atom is -0.461 e. The van der Waals surface area contributed by atoms with Crippen molar-refractivity contribution >= 4 is 16.1 Å². The number of aryl methyl sites for hydroxylation is 1. The van der Waals surface area contributed by atoms with Gasteiger partial charge in [0.1, 0.15) is 18.1 Å². The van der Waals surface area contributed by atoms with E-state index in [4.69, 9.17) is 9.47 Å². The zero-order valence-corrected chi connectivity index (χ0v) is 19.5. The van der Waals surface area contributed by atoms with Gasteiger partial charge in [-0.05, 0) is 57.0 Å². The third-order valence-electron chi connectivity index (χ3n) is 4.59.